The number of hydrogen-bond donors (Lipinski definition) is 0. The number of nitrogens with zero attached hydrogens (tertiary/aromatic N) is 3. The Labute approximate surface area is 200 Å². The number of aromatic nitrogens is 2. The molecule has 0 N–H and O–H groups in total. The van der Waals surface area contributed by atoms with Crippen LogP contribution in [0.3, 0.4) is 0 Å². The largest absolute Gasteiger partial charge is 0.293 e. The Bertz CT molecular complexity index is 1070. The van der Waals surface area contributed by atoms with Crippen LogP contribution in [-0.2, 0) is 12.8 Å². The average Bonchev–Trinajstić information content (AvgIpc) is 3.72. The van der Waals surface area contributed by atoms with Crippen LogP contribution in [0.4, 0.5) is 0 Å². The average molecular weight is 442 g/mol. The normalized spacial score (nSPS) is 21.7. The molecule has 0 amide bonds. The second-order valence-electron chi connectivity index (χ2n) is 10.0. The monoisotopic (exact) mass is 441 g/mol. The van der Waals surface area contributed by atoms with Gasteiger partial charge in [0.05, 0.1) is 0 Å². The van der Waals surface area contributed by atoms with Gasteiger partial charge in [-0.25, -0.2) is 0 Å². The van der Waals surface area contributed by atoms with Gasteiger partial charge in [-0.2, -0.15) is 0 Å². The van der Waals surface area contributed by atoms with Gasteiger partial charge in [0.25, 0.3) is 0 Å². The number of pyridine rings is 2. The third-order valence-corrected chi connectivity index (χ3v) is 7.79. The first-order valence-electron chi connectivity index (χ1n) is 12.6. The zero-order valence-electron chi connectivity index (χ0n) is 21.1. The minimum Gasteiger partial charge on any atom is -0.293 e. The molecule has 4 rings (SSSR count). The van der Waals surface area contributed by atoms with Gasteiger partial charge < -0.3 is 0 Å². The minimum absolute atomic E-state index is 0.412. The van der Waals surface area contributed by atoms with Crippen LogP contribution in [0.25, 0.3) is 0 Å². The molecular weight excluding hydrogens is 402 g/mol. The summed E-state index contributed by atoms with van der Waals surface area (Å²) in [4.78, 5) is 14.2. The molecule has 0 aliphatic heterocycles. The van der Waals surface area contributed by atoms with E-state index in [0.29, 0.717) is 23.7 Å². The van der Waals surface area contributed by atoms with Crippen molar-refractivity contribution in [3.05, 3.63) is 82.5 Å². The highest BCUT2D eigenvalue weighted by molar-refractivity contribution is 6.01. The summed E-state index contributed by atoms with van der Waals surface area (Å²) in [6.07, 6.45) is 15.1. The Kier molecular flexibility index (Phi) is 7.26. The van der Waals surface area contributed by atoms with Crippen LogP contribution in [0, 0.1) is 25.7 Å². The molecule has 0 radical (unpaired) electrons. The molecule has 174 valence electrons. The predicted octanol–water partition coefficient (Wildman–Crippen LogP) is 7.09. The second kappa shape index (κ2) is 10.2. The molecule has 2 aromatic heterocycles. The van der Waals surface area contributed by atoms with Crippen molar-refractivity contribution >= 4 is 5.71 Å². The summed E-state index contributed by atoms with van der Waals surface area (Å²) in [6, 6.07) is 4.46. The van der Waals surface area contributed by atoms with E-state index in [0.717, 1.165) is 19.3 Å². The summed E-state index contributed by atoms with van der Waals surface area (Å²) in [6.45, 7) is 12.8. The van der Waals surface area contributed by atoms with E-state index in [-0.39, 0.29) is 0 Å². The summed E-state index contributed by atoms with van der Waals surface area (Å²) < 4.78 is 0. The van der Waals surface area contributed by atoms with Gasteiger partial charge in [-0.3, -0.25) is 15.0 Å². The van der Waals surface area contributed by atoms with Gasteiger partial charge in [-0.1, -0.05) is 25.7 Å². The van der Waals surface area contributed by atoms with Crippen LogP contribution in [-0.4, -0.2) is 22.7 Å². The zero-order valence-corrected chi connectivity index (χ0v) is 21.1. The van der Waals surface area contributed by atoms with Crippen LogP contribution in [0.1, 0.15) is 85.0 Å². The Morgan fingerprint density at radius 2 is 1.79 bits per heavy atom. The van der Waals surface area contributed by atoms with E-state index < -0.39 is 0 Å². The van der Waals surface area contributed by atoms with Gasteiger partial charge >= 0.3 is 0 Å². The van der Waals surface area contributed by atoms with Crippen molar-refractivity contribution in [2.24, 2.45) is 16.8 Å². The lowest BCUT2D eigenvalue weighted by atomic mass is 9.86. The third-order valence-electron chi connectivity index (χ3n) is 7.79. The van der Waals surface area contributed by atoms with Crippen molar-refractivity contribution in [3.63, 3.8) is 0 Å². The van der Waals surface area contributed by atoms with E-state index in [4.69, 9.17) is 4.98 Å². The van der Waals surface area contributed by atoms with Crippen molar-refractivity contribution in [1.29, 1.82) is 0 Å². The highest BCUT2D eigenvalue weighted by Crippen LogP contribution is 2.50. The van der Waals surface area contributed by atoms with Crippen molar-refractivity contribution in [1.82, 2.24) is 9.97 Å². The van der Waals surface area contributed by atoms with Gasteiger partial charge in [0.2, 0.25) is 0 Å². The summed E-state index contributed by atoms with van der Waals surface area (Å²) in [7, 11) is 1.91. The topological polar surface area (TPSA) is 38.1 Å². The van der Waals surface area contributed by atoms with E-state index >= 15 is 0 Å². The fourth-order valence-electron chi connectivity index (χ4n) is 5.51. The third kappa shape index (κ3) is 5.18. The van der Waals surface area contributed by atoms with Crippen molar-refractivity contribution in [3.8, 4) is 0 Å². The fourth-order valence-corrected chi connectivity index (χ4v) is 5.51. The van der Waals surface area contributed by atoms with Gasteiger partial charge in [-0.05, 0) is 105 Å². The summed E-state index contributed by atoms with van der Waals surface area (Å²) in [5, 5.41) is 0. The molecule has 33 heavy (non-hydrogen) atoms. The van der Waals surface area contributed by atoms with Gasteiger partial charge in [-0.15, -0.1) is 0 Å². The van der Waals surface area contributed by atoms with Gasteiger partial charge in [0.15, 0.2) is 0 Å². The Hall–Kier alpha value is -2.55. The lowest BCUT2D eigenvalue weighted by Crippen LogP contribution is -2.19. The Balaban J connectivity index is 1.48. The van der Waals surface area contributed by atoms with E-state index in [1.807, 2.05) is 25.5 Å². The van der Waals surface area contributed by atoms with Crippen molar-refractivity contribution in [2.45, 2.75) is 78.1 Å². The second-order valence-corrected chi connectivity index (χ2v) is 10.0. The lowest BCUT2D eigenvalue weighted by Gasteiger charge is -2.20. The summed E-state index contributed by atoms with van der Waals surface area (Å²) >= 11 is 0. The molecule has 2 fully saturated rings. The Morgan fingerprint density at radius 1 is 1.12 bits per heavy atom. The number of aliphatic imine (C=N–C) groups is 1. The predicted molar refractivity (Wildman–Crippen MR) is 139 cm³/mol. The first-order valence-corrected chi connectivity index (χ1v) is 12.6. The maximum atomic E-state index is 4.87. The van der Waals surface area contributed by atoms with Gasteiger partial charge in [0.1, 0.15) is 0 Å². The van der Waals surface area contributed by atoms with Crippen LogP contribution in [0.2, 0.25) is 0 Å². The molecule has 2 heterocycles. The molecule has 0 bridgehead atoms. The Morgan fingerprint density at radius 3 is 2.42 bits per heavy atom. The molecule has 2 aliphatic rings. The molecule has 3 nitrogen and oxygen atoms in total. The smallest absolute Gasteiger partial charge is 0.0469 e. The molecule has 3 heteroatoms. The highest BCUT2D eigenvalue weighted by atomic mass is 14.7. The molecule has 2 saturated carbocycles. The van der Waals surface area contributed by atoms with E-state index in [1.165, 1.54) is 64.2 Å². The lowest BCUT2D eigenvalue weighted by molar-refractivity contribution is 0.655. The van der Waals surface area contributed by atoms with Crippen LogP contribution in [0.5, 0.6) is 0 Å². The minimum atomic E-state index is 0.412. The van der Waals surface area contributed by atoms with E-state index in [2.05, 4.69) is 62.5 Å². The van der Waals surface area contributed by atoms with Crippen LogP contribution < -0.4 is 0 Å². The molecule has 0 saturated heterocycles. The maximum absolute atomic E-state index is 4.87. The van der Waals surface area contributed by atoms with Crippen molar-refractivity contribution < 1.29 is 0 Å². The first kappa shape index (κ1) is 23.6. The first-order chi connectivity index (χ1) is 16.0. The molecule has 3 unspecified atom stereocenters. The summed E-state index contributed by atoms with van der Waals surface area (Å²) in [5.41, 5.74) is 10.8. The van der Waals surface area contributed by atoms with Crippen molar-refractivity contribution in [2.75, 3.05) is 7.05 Å². The molecule has 0 aromatic carbocycles. The maximum Gasteiger partial charge on any atom is 0.0469 e. The number of allylic oxidation sites excluding steroid dienone is 3. The number of rotatable bonds is 10. The van der Waals surface area contributed by atoms with E-state index in [1.54, 1.807) is 0 Å². The van der Waals surface area contributed by atoms with Crippen LogP contribution in [0.15, 0.2) is 53.8 Å². The van der Waals surface area contributed by atoms with Gasteiger partial charge in [0, 0.05) is 54.3 Å². The molecule has 0 spiro atoms. The molecule has 2 aliphatic carbocycles. The van der Waals surface area contributed by atoms with E-state index in [9.17, 15) is 0 Å². The molecule has 2 aromatic rings. The molecule has 3 atom stereocenters. The quantitative estimate of drug-likeness (QED) is 0.292. The highest BCUT2D eigenvalue weighted by Gasteiger charge is 2.41. The summed E-state index contributed by atoms with van der Waals surface area (Å²) in [5.74, 6) is 2.42. The SMILES string of the molecule is C=C/C=C(/C)C(=NC)C(CC)Cc1ccnc(C2CC2Cc2ccnc(C3CC3)c2C)c1C. The molecular formula is C30H39N3. The van der Waals surface area contributed by atoms with Crippen LogP contribution >= 0.6 is 0 Å². The fraction of sp³-hybridized carbons (Fsp3) is 0.500. The zero-order chi connectivity index (χ0) is 23.5. The standard InChI is InChI=1S/C30H39N3/c1-7-9-19(3)28(31-6)22(8-2)16-24-13-15-33-30(21(24)5)27-18-26(27)17-25-12-14-32-29(20(25)4)23-10-11-23/h7,9,12-15,22-23,26-27H,1,8,10-11,16-18H2,2-6H3/b19-9-,31-28?. The number of hydrogen-bond acceptors (Lipinski definition) is 3.